The van der Waals surface area contributed by atoms with E-state index in [-0.39, 0.29) is 0 Å². The second-order valence-corrected chi connectivity index (χ2v) is 4.63. The topological polar surface area (TPSA) is 12.0 Å². The standard InChI is InChI=1S/C11H23N/c1-9(2)12-11-6-4-5-10(3)7-8-11/h9-12H,4-8H2,1-3H3/t10-,11+/m0/s1. The van der Waals surface area contributed by atoms with Crippen LogP contribution in [-0.2, 0) is 0 Å². The van der Waals surface area contributed by atoms with E-state index in [9.17, 15) is 0 Å². The molecule has 1 aliphatic rings. The zero-order valence-electron chi connectivity index (χ0n) is 8.77. The smallest absolute Gasteiger partial charge is 0.00695 e. The molecule has 72 valence electrons. The first-order chi connectivity index (χ1) is 5.68. The average Bonchev–Trinajstić information content (AvgIpc) is 2.15. The summed E-state index contributed by atoms with van der Waals surface area (Å²) < 4.78 is 0. The van der Waals surface area contributed by atoms with Crippen LogP contribution >= 0.6 is 0 Å². The maximum atomic E-state index is 3.64. The Hall–Kier alpha value is -0.0400. The van der Waals surface area contributed by atoms with Crippen molar-refractivity contribution in [3.05, 3.63) is 0 Å². The summed E-state index contributed by atoms with van der Waals surface area (Å²) in [4.78, 5) is 0. The van der Waals surface area contributed by atoms with E-state index in [2.05, 4.69) is 26.1 Å². The Balaban J connectivity index is 2.26. The predicted octanol–water partition coefficient (Wildman–Crippen LogP) is 2.95. The molecule has 0 aromatic rings. The van der Waals surface area contributed by atoms with E-state index in [4.69, 9.17) is 0 Å². The van der Waals surface area contributed by atoms with Gasteiger partial charge in [-0.15, -0.1) is 0 Å². The van der Waals surface area contributed by atoms with Crippen molar-refractivity contribution >= 4 is 0 Å². The molecule has 0 aliphatic heterocycles. The normalized spacial score (nSPS) is 32.0. The van der Waals surface area contributed by atoms with Crippen molar-refractivity contribution in [2.24, 2.45) is 5.92 Å². The van der Waals surface area contributed by atoms with Gasteiger partial charge in [0.15, 0.2) is 0 Å². The summed E-state index contributed by atoms with van der Waals surface area (Å²) in [6, 6.07) is 1.46. The van der Waals surface area contributed by atoms with Crippen molar-refractivity contribution in [3.8, 4) is 0 Å². The number of hydrogen-bond donors (Lipinski definition) is 1. The van der Waals surface area contributed by atoms with Gasteiger partial charge in [-0.3, -0.25) is 0 Å². The second kappa shape index (κ2) is 4.86. The molecule has 0 amide bonds. The van der Waals surface area contributed by atoms with Crippen molar-refractivity contribution in [1.82, 2.24) is 5.32 Å². The van der Waals surface area contributed by atoms with Gasteiger partial charge in [-0.25, -0.2) is 0 Å². The molecule has 0 heterocycles. The van der Waals surface area contributed by atoms with Gasteiger partial charge in [-0.05, 0) is 25.2 Å². The van der Waals surface area contributed by atoms with Crippen molar-refractivity contribution < 1.29 is 0 Å². The van der Waals surface area contributed by atoms with E-state index < -0.39 is 0 Å². The van der Waals surface area contributed by atoms with Crippen LogP contribution in [0.5, 0.6) is 0 Å². The van der Waals surface area contributed by atoms with Crippen molar-refractivity contribution in [2.45, 2.75) is 65.0 Å². The lowest BCUT2D eigenvalue weighted by Gasteiger charge is -2.19. The van der Waals surface area contributed by atoms with E-state index in [1.54, 1.807) is 0 Å². The highest BCUT2D eigenvalue weighted by Gasteiger charge is 2.15. The maximum absolute atomic E-state index is 3.64. The van der Waals surface area contributed by atoms with Gasteiger partial charge in [-0.2, -0.15) is 0 Å². The summed E-state index contributed by atoms with van der Waals surface area (Å²) >= 11 is 0. The van der Waals surface area contributed by atoms with Gasteiger partial charge in [-0.1, -0.05) is 33.6 Å². The van der Waals surface area contributed by atoms with Crippen LogP contribution in [0.25, 0.3) is 0 Å². The first kappa shape index (κ1) is 10.0. The average molecular weight is 169 g/mol. The Morgan fingerprint density at radius 2 is 1.83 bits per heavy atom. The first-order valence-corrected chi connectivity index (χ1v) is 5.44. The Labute approximate surface area is 76.9 Å². The Kier molecular flexibility index (Phi) is 4.07. The van der Waals surface area contributed by atoms with Gasteiger partial charge in [0.25, 0.3) is 0 Å². The second-order valence-electron chi connectivity index (χ2n) is 4.63. The van der Waals surface area contributed by atoms with Crippen molar-refractivity contribution in [3.63, 3.8) is 0 Å². The molecule has 1 aliphatic carbocycles. The fraction of sp³-hybridized carbons (Fsp3) is 1.00. The molecule has 0 bridgehead atoms. The molecule has 1 rings (SSSR count). The fourth-order valence-electron chi connectivity index (χ4n) is 2.13. The van der Waals surface area contributed by atoms with Crippen LogP contribution in [0.15, 0.2) is 0 Å². The van der Waals surface area contributed by atoms with Gasteiger partial charge in [0, 0.05) is 12.1 Å². The minimum absolute atomic E-state index is 0.656. The molecule has 1 heteroatoms. The van der Waals surface area contributed by atoms with Crippen molar-refractivity contribution in [2.75, 3.05) is 0 Å². The predicted molar refractivity (Wildman–Crippen MR) is 54.3 cm³/mol. The lowest BCUT2D eigenvalue weighted by Crippen LogP contribution is -2.34. The summed E-state index contributed by atoms with van der Waals surface area (Å²) in [6.45, 7) is 6.88. The van der Waals surface area contributed by atoms with E-state index >= 15 is 0 Å². The van der Waals surface area contributed by atoms with Gasteiger partial charge >= 0.3 is 0 Å². The molecular weight excluding hydrogens is 146 g/mol. The fourth-order valence-corrected chi connectivity index (χ4v) is 2.13. The summed E-state index contributed by atoms with van der Waals surface area (Å²) in [5.74, 6) is 0.962. The van der Waals surface area contributed by atoms with E-state index in [1.807, 2.05) is 0 Å². The van der Waals surface area contributed by atoms with Crippen LogP contribution in [0, 0.1) is 5.92 Å². The molecule has 0 unspecified atom stereocenters. The molecule has 0 aromatic carbocycles. The minimum atomic E-state index is 0.656. The molecule has 12 heavy (non-hydrogen) atoms. The van der Waals surface area contributed by atoms with Gasteiger partial charge in [0.05, 0.1) is 0 Å². The number of nitrogens with one attached hydrogen (secondary N) is 1. The minimum Gasteiger partial charge on any atom is -0.312 e. The third kappa shape index (κ3) is 3.57. The third-order valence-electron chi connectivity index (χ3n) is 2.83. The molecule has 2 atom stereocenters. The van der Waals surface area contributed by atoms with Gasteiger partial charge in [0.2, 0.25) is 0 Å². The molecule has 1 nitrogen and oxygen atoms in total. The molecule has 1 saturated carbocycles. The molecule has 0 spiro atoms. The zero-order valence-corrected chi connectivity index (χ0v) is 8.77. The molecular formula is C11H23N. The molecule has 0 radical (unpaired) electrons. The monoisotopic (exact) mass is 169 g/mol. The third-order valence-corrected chi connectivity index (χ3v) is 2.83. The van der Waals surface area contributed by atoms with Crippen LogP contribution in [0.3, 0.4) is 0 Å². The van der Waals surface area contributed by atoms with Crippen LogP contribution < -0.4 is 5.32 Å². The van der Waals surface area contributed by atoms with Gasteiger partial charge in [0.1, 0.15) is 0 Å². The summed E-state index contributed by atoms with van der Waals surface area (Å²) in [5.41, 5.74) is 0. The molecule has 1 fully saturated rings. The zero-order chi connectivity index (χ0) is 8.97. The van der Waals surface area contributed by atoms with E-state index in [0.717, 1.165) is 12.0 Å². The summed E-state index contributed by atoms with van der Waals surface area (Å²) in [5, 5.41) is 3.64. The summed E-state index contributed by atoms with van der Waals surface area (Å²) in [7, 11) is 0. The molecule has 1 N–H and O–H groups in total. The van der Waals surface area contributed by atoms with Crippen LogP contribution in [0.4, 0.5) is 0 Å². The SMILES string of the molecule is CC(C)N[C@@H]1CCC[C@H](C)CC1. The highest BCUT2D eigenvalue weighted by Crippen LogP contribution is 2.22. The first-order valence-electron chi connectivity index (χ1n) is 5.44. The largest absolute Gasteiger partial charge is 0.312 e. The Bertz CT molecular complexity index is 120. The van der Waals surface area contributed by atoms with Crippen molar-refractivity contribution in [1.29, 1.82) is 0 Å². The number of hydrogen-bond acceptors (Lipinski definition) is 1. The van der Waals surface area contributed by atoms with E-state index in [0.29, 0.717) is 6.04 Å². The van der Waals surface area contributed by atoms with Crippen LogP contribution in [0.2, 0.25) is 0 Å². The highest BCUT2D eigenvalue weighted by molar-refractivity contribution is 4.74. The Morgan fingerprint density at radius 1 is 1.08 bits per heavy atom. The van der Waals surface area contributed by atoms with Crippen LogP contribution in [0.1, 0.15) is 52.9 Å². The summed E-state index contributed by atoms with van der Waals surface area (Å²) in [6.07, 6.45) is 7.06. The van der Waals surface area contributed by atoms with E-state index in [1.165, 1.54) is 32.1 Å². The number of rotatable bonds is 2. The lowest BCUT2D eigenvalue weighted by atomic mass is 10.0. The maximum Gasteiger partial charge on any atom is 0.00695 e. The molecule has 0 saturated heterocycles. The Morgan fingerprint density at radius 3 is 2.50 bits per heavy atom. The quantitative estimate of drug-likeness (QED) is 0.627. The van der Waals surface area contributed by atoms with Crippen LogP contribution in [-0.4, -0.2) is 12.1 Å². The van der Waals surface area contributed by atoms with Gasteiger partial charge < -0.3 is 5.32 Å². The highest BCUT2D eigenvalue weighted by atomic mass is 14.9. The lowest BCUT2D eigenvalue weighted by molar-refractivity contribution is 0.415. The molecule has 0 aromatic heterocycles.